The second-order valence-corrected chi connectivity index (χ2v) is 4.53. The zero-order chi connectivity index (χ0) is 12.2. The molecule has 1 aliphatic rings. The van der Waals surface area contributed by atoms with Gasteiger partial charge in [0, 0.05) is 6.42 Å². The van der Waals surface area contributed by atoms with Gasteiger partial charge in [0.15, 0.2) is 0 Å². The molecule has 1 rings (SSSR count). The number of ether oxygens (including phenoxy) is 1. The molecule has 2 heteroatoms. The molecule has 2 nitrogen and oxygen atoms in total. The van der Waals surface area contributed by atoms with Crippen LogP contribution in [0.25, 0.3) is 0 Å². The lowest BCUT2D eigenvalue weighted by Crippen LogP contribution is -2.04. The average molecular weight is 236 g/mol. The van der Waals surface area contributed by atoms with Crippen LogP contribution in [0.1, 0.15) is 57.8 Å². The van der Waals surface area contributed by atoms with Crippen LogP contribution in [0.4, 0.5) is 0 Å². The van der Waals surface area contributed by atoms with E-state index in [0.717, 1.165) is 19.3 Å². The second kappa shape index (κ2) is 10.1. The summed E-state index contributed by atoms with van der Waals surface area (Å²) in [5.74, 6) is -0.0407. The van der Waals surface area contributed by atoms with E-state index in [1.165, 1.54) is 32.1 Å². The monoisotopic (exact) mass is 236 g/mol. The summed E-state index contributed by atoms with van der Waals surface area (Å²) in [6.45, 7) is 0.517. The van der Waals surface area contributed by atoms with Gasteiger partial charge in [0.25, 0.3) is 0 Å². The molecular weight excluding hydrogens is 212 g/mol. The minimum absolute atomic E-state index is 0.0407. The quantitative estimate of drug-likeness (QED) is 0.590. The Labute approximate surface area is 105 Å². The molecule has 0 saturated heterocycles. The van der Waals surface area contributed by atoms with E-state index in [-0.39, 0.29) is 5.97 Å². The Hall–Kier alpha value is -1.05. The van der Waals surface area contributed by atoms with Gasteiger partial charge >= 0.3 is 5.97 Å². The highest BCUT2D eigenvalue weighted by atomic mass is 16.5. The minimum atomic E-state index is -0.0407. The molecule has 96 valence electrons. The van der Waals surface area contributed by atoms with Gasteiger partial charge < -0.3 is 4.74 Å². The fourth-order valence-corrected chi connectivity index (χ4v) is 1.90. The summed E-state index contributed by atoms with van der Waals surface area (Å²) in [5.41, 5.74) is 0. The Kier molecular flexibility index (Phi) is 8.35. The van der Waals surface area contributed by atoms with Crippen molar-refractivity contribution in [3.05, 3.63) is 24.3 Å². The number of hydrogen-bond acceptors (Lipinski definition) is 2. The summed E-state index contributed by atoms with van der Waals surface area (Å²) in [6, 6.07) is 0. The Morgan fingerprint density at radius 2 is 1.47 bits per heavy atom. The smallest absolute Gasteiger partial charge is 0.305 e. The highest BCUT2D eigenvalue weighted by molar-refractivity contribution is 5.69. The molecule has 0 aromatic carbocycles. The minimum Gasteiger partial charge on any atom is -0.465 e. The summed E-state index contributed by atoms with van der Waals surface area (Å²) in [5, 5.41) is 0. The molecular formula is C15H24O2. The largest absolute Gasteiger partial charge is 0.465 e. The molecule has 0 aromatic heterocycles. The molecule has 0 N–H and O–H groups in total. The van der Waals surface area contributed by atoms with E-state index in [1.54, 1.807) is 0 Å². The van der Waals surface area contributed by atoms with Gasteiger partial charge in [-0.1, -0.05) is 50.0 Å². The normalized spacial score (nSPS) is 21.1. The topological polar surface area (TPSA) is 26.3 Å². The van der Waals surface area contributed by atoms with Crippen molar-refractivity contribution in [2.75, 3.05) is 6.61 Å². The zero-order valence-corrected chi connectivity index (χ0v) is 10.7. The summed E-state index contributed by atoms with van der Waals surface area (Å²) in [7, 11) is 0. The number of allylic oxidation sites excluding steroid dienone is 3. The lowest BCUT2D eigenvalue weighted by molar-refractivity contribution is -0.143. The number of hydrogen-bond donors (Lipinski definition) is 0. The fourth-order valence-electron chi connectivity index (χ4n) is 1.90. The van der Waals surface area contributed by atoms with E-state index < -0.39 is 0 Å². The average Bonchev–Trinajstić information content (AvgIpc) is 2.32. The van der Waals surface area contributed by atoms with Crippen molar-refractivity contribution in [3.63, 3.8) is 0 Å². The first-order valence-electron chi connectivity index (χ1n) is 6.87. The van der Waals surface area contributed by atoms with Crippen molar-refractivity contribution in [2.24, 2.45) is 0 Å². The van der Waals surface area contributed by atoms with Gasteiger partial charge in [-0.25, -0.2) is 0 Å². The molecule has 0 aliphatic carbocycles. The number of carbonyl (C=O) groups excluding carboxylic acids is 1. The van der Waals surface area contributed by atoms with Gasteiger partial charge in [0.05, 0.1) is 6.61 Å². The van der Waals surface area contributed by atoms with Crippen LogP contribution in [0.2, 0.25) is 0 Å². The second-order valence-electron chi connectivity index (χ2n) is 4.53. The lowest BCUT2D eigenvalue weighted by Gasteiger charge is -2.03. The number of rotatable bonds is 0. The third-order valence-corrected chi connectivity index (χ3v) is 2.93. The van der Waals surface area contributed by atoms with E-state index in [2.05, 4.69) is 18.2 Å². The Morgan fingerprint density at radius 1 is 0.824 bits per heavy atom. The van der Waals surface area contributed by atoms with Crippen molar-refractivity contribution < 1.29 is 9.53 Å². The zero-order valence-electron chi connectivity index (χ0n) is 10.7. The molecule has 1 heterocycles. The number of esters is 1. The van der Waals surface area contributed by atoms with E-state index in [0.29, 0.717) is 13.0 Å². The van der Waals surface area contributed by atoms with Gasteiger partial charge in [-0.3, -0.25) is 4.79 Å². The predicted octanol–water partition coefficient (Wildman–Crippen LogP) is 4.17. The summed E-state index contributed by atoms with van der Waals surface area (Å²) in [6.07, 6.45) is 18.2. The molecule has 0 unspecified atom stereocenters. The summed E-state index contributed by atoms with van der Waals surface area (Å²) < 4.78 is 5.13. The predicted molar refractivity (Wildman–Crippen MR) is 70.8 cm³/mol. The third kappa shape index (κ3) is 8.73. The molecule has 0 saturated carbocycles. The molecule has 0 atom stereocenters. The third-order valence-electron chi connectivity index (χ3n) is 2.93. The molecule has 0 bridgehead atoms. The van der Waals surface area contributed by atoms with E-state index in [9.17, 15) is 4.79 Å². The van der Waals surface area contributed by atoms with Crippen molar-refractivity contribution >= 4 is 5.97 Å². The molecule has 0 aromatic rings. The van der Waals surface area contributed by atoms with Crippen LogP contribution in [0.15, 0.2) is 24.3 Å². The van der Waals surface area contributed by atoms with E-state index in [4.69, 9.17) is 4.74 Å². The highest BCUT2D eigenvalue weighted by Gasteiger charge is 2.01. The van der Waals surface area contributed by atoms with Crippen LogP contribution in [0.5, 0.6) is 0 Å². The van der Waals surface area contributed by atoms with Crippen LogP contribution >= 0.6 is 0 Å². The molecule has 0 spiro atoms. The van der Waals surface area contributed by atoms with E-state index in [1.807, 2.05) is 6.08 Å². The van der Waals surface area contributed by atoms with Gasteiger partial charge in [-0.05, 0) is 25.7 Å². The van der Waals surface area contributed by atoms with Crippen molar-refractivity contribution in [3.8, 4) is 0 Å². The molecule has 0 amide bonds. The van der Waals surface area contributed by atoms with Crippen LogP contribution in [0.3, 0.4) is 0 Å². The Morgan fingerprint density at radius 3 is 2.29 bits per heavy atom. The first-order chi connectivity index (χ1) is 8.39. The van der Waals surface area contributed by atoms with Crippen molar-refractivity contribution in [1.82, 2.24) is 0 Å². The maximum Gasteiger partial charge on any atom is 0.305 e. The van der Waals surface area contributed by atoms with Gasteiger partial charge in [0.2, 0.25) is 0 Å². The molecule has 0 fully saturated rings. The SMILES string of the molecule is O=C1CCCCCCCCC=CC=CCCO1. The molecule has 1 aliphatic heterocycles. The Bertz CT molecular complexity index is 254. The van der Waals surface area contributed by atoms with Crippen LogP contribution in [-0.2, 0) is 9.53 Å². The van der Waals surface area contributed by atoms with Crippen LogP contribution in [-0.4, -0.2) is 12.6 Å². The standard InChI is InChI=1S/C15H24O2/c16-15-13-11-9-7-5-3-1-2-4-6-8-10-12-14-17-15/h4,6,8,10H,1-3,5,7,9,11-14H2. The van der Waals surface area contributed by atoms with Crippen LogP contribution in [0, 0.1) is 0 Å². The molecule has 0 radical (unpaired) electrons. The lowest BCUT2D eigenvalue weighted by atomic mass is 10.1. The van der Waals surface area contributed by atoms with Gasteiger partial charge in [-0.15, -0.1) is 0 Å². The highest BCUT2D eigenvalue weighted by Crippen LogP contribution is 2.09. The van der Waals surface area contributed by atoms with Crippen LogP contribution < -0.4 is 0 Å². The summed E-state index contributed by atoms with van der Waals surface area (Å²) >= 11 is 0. The molecule has 17 heavy (non-hydrogen) atoms. The first-order valence-corrected chi connectivity index (χ1v) is 6.87. The van der Waals surface area contributed by atoms with E-state index >= 15 is 0 Å². The van der Waals surface area contributed by atoms with Gasteiger partial charge in [0.1, 0.15) is 0 Å². The number of carbonyl (C=O) groups is 1. The maximum absolute atomic E-state index is 11.3. The van der Waals surface area contributed by atoms with Crippen molar-refractivity contribution in [2.45, 2.75) is 57.8 Å². The van der Waals surface area contributed by atoms with Gasteiger partial charge in [-0.2, -0.15) is 0 Å². The van der Waals surface area contributed by atoms with Crippen molar-refractivity contribution in [1.29, 1.82) is 0 Å². The number of cyclic esters (lactones) is 1. The fraction of sp³-hybridized carbons (Fsp3) is 0.667. The Balaban J connectivity index is 2.26. The maximum atomic E-state index is 11.3. The first kappa shape index (κ1) is 14.0. The summed E-state index contributed by atoms with van der Waals surface area (Å²) in [4.78, 5) is 11.3.